The molecule has 0 aromatic heterocycles. The van der Waals surface area contributed by atoms with Crippen LogP contribution in [0.2, 0.25) is 0 Å². The number of aromatic hydroxyl groups is 1. The molecular weight excluding hydrogens is 291 g/mol. The van der Waals surface area contributed by atoms with Crippen LogP contribution in [0.25, 0.3) is 0 Å². The molecule has 0 aliphatic heterocycles. The van der Waals surface area contributed by atoms with Crippen molar-refractivity contribution >= 4 is 24.8 Å². The second-order valence-corrected chi connectivity index (χ2v) is 3.23. The van der Waals surface area contributed by atoms with Gasteiger partial charge < -0.3 is 5.11 Å². The molecule has 0 bridgehead atoms. The van der Waals surface area contributed by atoms with Crippen LogP contribution in [0.3, 0.4) is 0 Å². The van der Waals surface area contributed by atoms with Crippen LogP contribution >= 0.6 is 24.8 Å². The Kier molecular flexibility index (Phi) is 15.9. The SMILES string of the molecule is CC1=[C-]CC=C1C.Cl.Cl.Oc1ccccc1.[Ti]. The van der Waals surface area contributed by atoms with Gasteiger partial charge in [0.15, 0.2) is 0 Å². The molecule has 17 heavy (non-hydrogen) atoms. The van der Waals surface area contributed by atoms with E-state index in [1.165, 1.54) is 11.1 Å². The van der Waals surface area contributed by atoms with Gasteiger partial charge in [0, 0.05) is 21.7 Å². The summed E-state index contributed by atoms with van der Waals surface area (Å²) in [7, 11) is 0. The Balaban J connectivity index is -0.000000196. The number of benzene rings is 1. The number of phenolic OH excluding ortho intramolecular Hbond substituents is 1. The van der Waals surface area contributed by atoms with Crippen molar-refractivity contribution in [2.45, 2.75) is 20.3 Å². The molecule has 0 spiro atoms. The standard InChI is InChI=1S/C7H9.C6H6O.2ClH.Ti/c1-6-4-3-5-7(6)2;7-6-4-2-1-3-5-6;;;/h4H,3H2,1-2H3;1-5,7H;2*1H;/q-1;;;;. The third-order valence-electron chi connectivity index (χ3n) is 2.12. The van der Waals surface area contributed by atoms with Gasteiger partial charge in [0.25, 0.3) is 0 Å². The van der Waals surface area contributed by atoms with Crippen LogP contribution in [0.1, 0.15) is 20.3 Å². The maximum atomic E-state index is 8.63. The van der Waals surface area contributed by atoms with Gasteiger partial charge in [0.1, 0.15) is 5.75 Å². The van der Waals surface area contributed by atoms with Crippen LogP contribution < -0.4 is 0 Å². The second kappa shape index (κ2) is 12.3. The first kappa shape index (κ1) is 22.0. The molecule has 0 radical (unpaired) electrons. The molecule has 1 N–H and O–H groups in total. The van der Waals surface area contributed by atoms with E-state index in [0.717, 1.165) is 6.42 Å². The quantitative estimate of drug-likeness (QED) is 0.559. The first-order valence-electron chi connectivity index (χ1n) is 4.68. The Morgan fingerprint density at radius 3 is 1.76 bits per heavy atom. The summed E-state index contributed by atoms with van der Waals surface area (Å²) >= 11 is 0. The first-order valence-corrected chi connectivity index (χ1v) is 4.68. The van der Waals surface area contributed by atoms with Crippen LogP contribution in [0.15, 0.2) is 47.6 Å². The average Bonchev–Trinajstić information content (AvgIpc) is 2.53. The number of allylic oxidation sites excluding steroid dienone is 4. The van der Waals surface area contributed by atoms with Crippen molar-refractivity contribution in [3.05, 3.63) is 53.6 Å². The summed E-state index contributed by atoms with van der Waals surface area (Å²) in [4.78, 5) is 0. The van der Waals surface area contributed by atoms with Crippen LogP contribution in [0, 0.1) is 6.08 Å². The van der Waals surface area contributed by atoms with Gasteiger partial charge in [-0.3, -0.25) is 6.08 Å². The zero-order chi connectivity index (χ0) is 10.4. The van der Waals surface area contributed by atoms with Crippen molar-refractivity contribution in [3.8, 4) is 5.75 Å². The van der Waals surface area contributed by atoms with E-state index in [4.69, 9.17) is 5.11 Å². The molecule has 1 aliphatic carbocycles. The van der Waals surface area contributed by atoms with E-state index in [-0.39, 0.29) is 46.5 Å². The van der Waals surface area contributed by atoms with Gasteiger partial charge in [0.05, 0.1) is 0 Å². The number of para-hydroxylation sites is 1. The van der Waals surface area contributed by atoms with Crippen molar-refractivity contribution in [2.24, 2.45) is 0 Å². The number of hydrogen-bond donors (Lipinski definition) is 1. The van der Waals surface area contributed by atoms with Crippen LogP contribution in [0.5, 0.6) is 5.75 Å². The molecule has 0 amide bonds. The molecule has 0 atom stereocenters. The number of hydrogen-bond acceptors (Lipinski definition) is 1. The van der Waals surface area contributed by atoms with E-state index < -0.39 is 0 Å². The number of phenols is 1. The Morgan fingerprint density at radius 1 is 1.06 bits per heavy atom. The molecule has 2 rings (SSSR count). The third-order valence-corrected chi connectivity index (χ3v) is 2.12. The molecule has 0 fully saturated rings. The van der Waals surface area contributed by atoms with Crippen molar-refractivity contribution in [2.75, 3.05) is 0 Å². The van der Waals surface area contributed by atoms with Crippen LogP contribution in [-0.2, 0) is 21.7 Å². The predicted octanol–water partition coefficient (Wildman–Crippen LogP) is 4.32. The van der Waals surface area contributed by atoms with Crippen molar-refractivity contribution in [1.29, 1.82) is 0 Å². The molecule has 1 aromatic carbocycles. The molecule has 1 nitrogen and oxygen atoms in total. The molecule has 1 aliphatic rings. The molecular formula is C13H17Cl2OTi-. The maximum absolute atomic E-state index is 8.63. The van der Waals surface area contributed by atoms with E-state index >= 15 is 0 Å². The summed E-state index contributed by atoms with van der Waals surface area (Å²) in [5, 5.41) is 8.63. The van der Waals surface area contributed by atoms with Gasteiger partial charge in [-0.1, -0.05) is 25.1 Å². The Labute approximate surface area is 131 Å². The molecule has 0 saturated carbocycles. The third kappa shape index (κ3) is 9.49. The predicted molar refractivity (Wildman–Crippen MR) is 73.4 cm³/mol. The summed E-state index contributed by atoms with van der Waals surface area (Å²) in [5.74, 6) is 0.322. The van der Waals surface area contributed by atoms with E-state index in [2.05, 4.69) is 26.0 Å². The molecule has 0 saturated heterocycles. The van der Waals surface area contributed by atoms with Crippen molar-refractivity contribution in [3.63, 3.8) is 0 Å². The Morgan fingerprint density at radius 2 is 1.59 bits per heavy atom. The van der Waals surface area contributed by atoms with Gasteiger partial charge >= 0.3 is 0 Å². The number of rotatable bonds is 0. The Hall–Kier alpha value is -0.206. The smallest absolute Gasteiger partial charge is 0.115 e. The van der Waals surface area contributed by atoms with Gasteiger partial charge in [-0.2, -0.15) is 6.08 Å². The summed E-state index contributed by atoms with van der Waals surface area (Å²) < 4.78 is 0. The summed E-state index contributed by atoms with van der Waals surface area (Å²) in [5.41, 5.74) is 2.71. The second-order valence-electron chi connectivity index (χ2n) is 3.23. The van der Waals surface area contributed by atoms with Gasteiger partial charge in [-0.05, 0) is 12.1 Å². The van der Waals surface area contributed by atoms with Crippen molar-refractivity contribution < 1.29 is 26.8 Å². The van der Waals surface area contributed by atoms with Crippen molar-refractivity contribution in [1.82, 2.24) is 0 Å². The van der Waals surface area contributed by atoms with E-state index in [1.54, 1.807) is 24.3 Å². The molecule has 0 unspecified atom stereocenters. The minimum Gasteiger partial charge on any atom is -0.508 e. The Bertz CT molecular complexity index is 332. The fourth-order valence-corrected chi connectivity index (χ4v) is 1.08. The molecule has 94 valence electrons. The minimum absolute atomic E-state index is 0. The molecule has 1 aromatic rings. The summed E-state index contributed by atoms with van der Waals surface area (Å²) in [6, 6.07) is 8.71. The van der Waals surface area contributed by atoms with E-state index in [1.807, 2.05) is 6.07 Å². The van der Waals surface area contributed by atoms with Gasteiger partial charge in [0.2, 0.25) is 0 Å². The topological polar surface area (TPSA) is 20.2 Å². The molecule has 0 heterocycles. The van der Waals surface area contributed by atoms with Crippen LogP contribution in [0.4, 0.5) is 0 Å². The monoisotopic (exact) mass is 307 g/mol. The zero-order valence-electron chi connectivity index (χ0n) is 9.93. The average molecular weight is 308 g/mol. The zero-order valence-corrected chi connectivity index (χ0v) is 13.1. The minimum atomic E-state index is 0. The van der Waals surface area contributed by atoms with E-state index in [9.17, 15) is 0 Å². The van der Waals surface area contributed by atoms with Gasteiger partial charge in [-0.15, -0.1) is 38.2 Å². The van der Waals surface area contributed by atoms with E-state index in [0.29, 0.717) is 5.75 Å². The maximum Gasteiger partial charge on any atom is 0.115 e. The van der Waals surface area contributed by atoms with Crippen LogP contribution in [-0.4, -0.2) is 5.11 Å². The molecule has 4 heteroatoms. The fraction of sp³-hybridized carbons (Fsp3) is 0.231. The summed E-state index contributed by atoms with van der Waals surface area (Å²) in [6.07, 6.45) is 6.41. The fourth-order valence-electron chi connectivity index (χ4n) is 1.08. The number of halogens is 2. The first-order chi connectivity index (χ1) is 6.70. The van der Waals surface area contributed by atoms with Gasteiger partial charge in [-0.25, -0.2) is 11.1 Å². The summed E-state index contributed by atoms with van der Waals surface area (Å²) in [6.45, 7) is 4.22. The largest absolute Gasteiger partial charge is 0.508 e. The normalized spacial score (nSPS) is 11.4.